The lowest BCUT2D eigenvalue weighted by Gasteiger charge is -2.08. The van der Waals surface area contributed by atoms with Crippen molar-refractivity contribution in [1.82, 2.24) is 9.55 Å². The third kappa shape index (κ3) is 2.58. The molecule has 5 nitrogen and oxygen atoms in total. The SMILES string of the molecule is COc1cccc(Cn2cnc3ccc(N)cc3c2=O)c1. The number of fused-ring (bicyclic) bond motifs is 1. The molecule has 3 rings (SSSR count). The zero-order valence-electron chi connectivity index (χ0n) is 11.6. The van der Waals surface area contributed by atoms with Crippen LogP contribution >= 0.6 is 0 Å². The van der Waals surface area contributed by atoms with Crippen molar-refractivity contribution in [3.63, 3.8) is 0 Å². The lowest BCUT2D eigenvalue weighted by Crippen LogP contribution is -2.21. The molecule has 0 aliphatic heterocycles. The van der Waals surface area contributed by atoms with E-state index in [0.717, 1.165) is 11.3 Å². The standard InChI is InChI=1S/C16H15N3O2/c1-21-13-4-2-3-11(7-13)9-19-10-18-15-6-5-12(17)8-14(15)16(19)20/h2-8,10H,9,17H2,1H3. The molecule has 0 spiro atoms. The molecule has 0 saturated heterocycles. The van der Waals surface area contributed by atoms with Gasteiger partial charge in [-0.25, -0.2) is 4.98 Å². The second kappa shape index (κ2) is 5.28. The molecule has 0 aliphatic carbocycles. The zero-order chi connectivity index (χ0) is 14.8. The third-order valence-corrected chi connectivity index (χ3v) is 3.34. The van der Waals surface area contributed by atoms with Crippen LogP contribution < -0.4 is 16.0 Å². The van der Waals surface area contributed by atoms with Crippen LogP contribution in [0.25, 0.3) is 10.9 Å². The average molecular weight is 281 g/mol. The topological polar surface area (TPSA) is 70.1 Å². The minimum atomic E-state index is -0.102. The first-order valence-corrected chi connectivity index (χ1v) is 6.55. The number of hydrogen-bond donors (Lipinski definition) is 1. The van der Waals surface area contributed by atoms with Crippen LogP contribution in [0.2, 0.25) is 0 Å². The van der Waals surface area contributed by atoms with Gasteiger partial charge in [-0.1, -0.05) is 12.1 Å². The van der Waals surface area contributed by atoms with Gasteiger partial charge in [-0.15, -0.1) is 0 Å². The molecule has 0 amide bonds. The van der Waals surface area contributed by atoms with E-state index in [-0.39, 0.29) is 5.56 Å². The number of ether oxygens (including phenoxy) is 1. The molecule has 0 radical (unpaired) electrons. The molecule has 106 valence electrons. The molecule has 0 saturated carbocycles. The first kappa shape index (κ1) is 13.2. The highest BCUT2D eigenvalue weighted by Gasteiger charge is 2.05. The highest BCUT2D eigenvalue weighted by Crippen LogP contribution is 2.14. The van der Waals surface area contributed by atoms with Crippen LogP contribution in [-0.2, 0) is 6.54 Å². The second-order valence-corrected chi connectivity index (χ2v) is 4.81. The summed E-state index contributed by atoms with van der Waals surface area (Å²) < 4.78 is 6.76. The Morgan fingerprint density at radius 2 is 2.10 bits per heavy atom. The molecule has 0 aliphatic rings. The van der Waals surface area contributed by atoms with Crippen molar-refractivity contribution in [2.45, 2.75) is 6.54 Å². The summed E-state index contributed by atoms with van der Waals surface area (Å²) in [6, 6.07) is 12.8. The quantitative estimate of drug-likeness (QED) is 0.746. The predicted molar refractivity (Wildman–Crippen MR) is 82.5 cm³/mol. The fraction of sp³-hybridized carbons (Fsp3) is 0.125. The Morgan fingerprint density at radius 1 is 1.24 bits per heavy atom. The Morgan fingerprint density at radius 3 is 2.90 bits per heavy atom. The van der Waals surface area contributed by atoms with Crippen molar-refractivity contribution >= 4 is 16.6 Å². The normalized spacial score (nSPS) is 10.7. The summed E-state index contributed by atoms with van der Waals surface area (Å²) in [6.45, 7) is 0.438. The van der Waals surface area contributed by atoms with E-state index in [9.17, 15) is 4.79 Å². The number of methoxy groups -OCH3 is 1. The number of rotatable bonds is 3. The van der Waals surface area contributed by atoms with Crippen molar-refractivity contribution in [2.24, 2.45) is 0 Å². The first-order chi connectivity index (χ1) is 10.2. The summed E-state index contributed by atoms with van der Waals surface area (Å²) in [5, 5.41) is 0.528. The van der Waals surface area contributed by atoms with E-state index in [0.29, 0.717) is 23.1 Å². The molecule has 2 aromatic carbocycles. The van der Waals surface area contributed by atoms with Crippen LogP contribution in [0.3, 0.4) is 0 Å². The lowest BCUT2D eigenvalue weighted by atomic mass is 10.2. The smallest absolute Gasteiger partial charge is 0.261 e. The van der Waals surface area contributed by atoms with Gasteiger partial charge in [-0.05, 0) is 35.9 Å². The number of nitrogens with two attached hydrogens (primary N) is 1. The Balaban J connectivity index is 2.04. The van der Waals surface area contributed by atoms with E-state index in [4.69, 9.17) is 10.5 Å². The van der Waals surface area contributed by atoms with Crippen molar-refractivity contribution in [2.75, 3.05) is 12.8 Å². The van der Waals surface area contributed by atoms with E-state index in [1.807, 2.05) is 24.3 Å². The van der Waals surface area contributed by atoms with E-state index >= 15 is 0 Å². The summed E-state index contributed by atoms with van der Waals surface area (Å²) in [5.74, 6) is 0.763. The zero-order valence-corrected chi connectivity index (χ0v) is 11.6. The molecule has 5 heteroatoms. The molecule has 0 bridgehead atoms. The van der Waals surface area contributed by atoms with Crippen LogP contribution in [0.4, 0.5) is 5.69 Å². The molecule has 0 unspecified atom stereocenters. The Bertz CT molecular complexity index is 856. The number of nitrogen functional groups attached to an aromatic ring is 1. The summed E-state index contributed by atoms with van der Waals surface area (Å²) in [4.78, 5) is 16.8. The molecule has 1 aromatic heterocycles. The van der Waals surface area contributed by atoms with Gasteiger partial charge in [-0.3, -0.25) is 9.36 Å². The molecule has 3 aromatic rings. The number of nitrogens with zero attached hydrogens (tertiary/aromatic N) is 2. The predicted octanol–water partition coefficient (Wildman–Crippen LogP) is 2.04. The van der Waals surface area contributed by atoms with E-state index in [1.165, 1.54) is 0 Å². The third-order valence-electron chi connectivity index (χ3n) is 3.34. The number of benzene rings is 2. The molecular weight excluding hydrogens is 266 g/mol. The summed E-state index contributed by atoms with van der Waals surface area (Å²) in [5.41, 5.74) is 7.82. The van der Waals surface area contributed by atoms with Gasteiger partial charge in [0.2, 0.25) is 0 Å². The summed E-state index contributed by atoms with van der Waals surface area (Å²) in [6.07, 6.45) is 1.56. The molecule has 0 atom stereocenters. The molecule has 1 heterocycles. The summed E-state index contributed by atoms with van der Waals surface area (Å²) >= 11 is 0. The maximum Gasteiger partial charge on any atom is 0.261 e. The molecule has 2 N–H and O–H groups in total. The van der Waals surface area contributed by atoms with Crippen molar-refractivity contribution in [1.29, 1.82) is 0 Å². The van der Waals surface area contributed by atoms with Gasteiger partial charge in [0.1, 0.15) is 5.75 Å². The van der Waals surface area contributed by atoms with Gasteiger partial charge in [0.15, 0.2) is 0 Å². The maximum absolute atomic E-state index is 12.5. The fourth-order valence-corrected chi connectivity index (χ4v) is 2.26. The lowest BCUT2D eigenvalue weighted by molar-refractivity contribution is 0.414. The Hall–Kier alpha value is -2.82. The Labute approximate surface area is 121 Å². The minimum absolute atomic E-state index is 0.102. The van der Waals surface area contributed by atoms with Gasteiger partial charge >= 0.3 is 0 Å². The van der Waals surface area contributed by atoms with Crippen LogP contribution in [-0.4, -0.2) is 16.7 Å². The fourth-order valence-electron chi connectivity index (χ4n) is 2.26. The maximum atomic E-state index is 12.5. The van der Waals surface area contributed by atoms with Gasteiger partial charge in [0.05, 0.1) is 30.9 Å². The molecule has 0 fully saturated rings. The first-order valence-electron chi connectivity index (χ1n) is 6.55. The van der Waals surface area contributed by atoms with Crippen molar-refractivity contribution in [3.05, 3.63) is 64.7 Å². The monoisotopic (exact) mass is 281 g/mol. The van der Waals surface area contributed by atoms with E-state index < -0.39 is 0 Å². The molecule has 21 heavy (non-hydrogen) atoms. The van der Waals surface area contributed by atoms with Crippen LogP contribution in [0, 0.1) is 0 Å². The van der Waals surface area contributed by atoms with Crippen molar-refractivity contribution in [3.8, 4) is 5.75 Å². The minimum Gasteiger partial charge on any atom is -0.497 e. The van der Waals surface area contributed by atoms with Gasteiger partial charge in [-0.2, -0.15) is 0 Å². The number of hydrogen-bond acceptors (Lipinski definition) is 4. The van der Waals surface area contributed by atoms with Gasteiger partial charge in [0, 0.05) is 5.69 Å². The van der Waals surface area contributed by atoms with E-state index in [2.05, 4.69) is 4.98 Å². The second-order valence-electron chi connectivity index (χ2n) is 4.81. The van der Waals surface area contributed by atoms with E-state index in [1.54, 1.807) is 36.2 Å². The van der Waals surface area contributed by atoms with Gasteiger partial charge < -0.3 is 10.5 Å². The van der Waals surface area contributed by atoms with Crippen molar-refractivity contribution < 1.29 is 4.74 Å². The van der Waals surface area contributed by atoms with Gasteiger partial charge in [0.25, 0.3) is 5.56 Å². The highest BCUT2D eigenvalue weighted by atomic mass is 16.5. The van der Waals surface area contributed by atoms with Crippen LogP contribution in [0.15, 0.2) is 53.6 Å². The number of aromatic nitrogens is 2. The summed E-state index contributed by atoms with van der Waals surface area (Å²) in [7, 11) is 1.62. The largest absolute Gasteiger partial charge is 0.497 e. The highest BCUT2D eigenvalue weighted by molar-refractivity contribution is 5.80. The van der Waals surface area contributed by atoms with Crippen LogP contribution in [0.1, 0.15) is 5.56 Å². The molecular formula is C16H15N3O2. The van der Waals surface area contributed by atoms with Crippen LogP contribution in [0.5, 0.6) is 5.75 Å². The average Bonchev–Trinajstić information content (AvgIpc) is 2.51. The Kier molecular flexibility index (Phi) is 3.31. The number of anilines is 1.